The summed E-state index contributed by atoms with van der Waals surface area (Å²) in [4.78, 5) is 11.2. The molecule has 2 aromatic carbocycles. The van der Waals surface area contributed by atoms with Gasteiger partial charge in [0.05, 0.1) is 13.2 Å². The number of carboxylic acid groups (broad SMARTS) is 1. The minimum atomic E-state index is -1.15. The predicted octanol–water partition coefficient (Wildman–Crippen LogP) is 4.92. The molecular weight excluding hydrogens is 340 g/mol. The van der Waals surface area contributed by atoms with Gasteiger partial charge in [0.25, 0.3) is 0 Å². The van der Waals surface area contributed by atoms with Gasteiger partial charge in [0, 0.05) is 17.2 Å². The maximum atomic E-state index is 14.8. The van der Waals surface area contributed by atoms with Crippen LogP contribution in [0.3, 0.4) is 0 Å². The van der Waals surface area contributed by atoms with Crippen molar-refractivity contribution in [2.24, 2.45) is 5.41 Å². The van der Waals surface area contributed by atoms with Gasteiger partial charge in [-0.25, -0.2) is 13.6 Å². The highest BCUT2D eigenvalue weighted by atomic mass is 19.1. The number of rotatable bonds is 3. The van der Waals surface area contributed by atoms with Crippen LogP contribution in [0.15, 0.2) is 30.3 Å². The lowest BCUT2D eigenvalue weighted by molar-refractivity contribution is 0.161. The topological polar surface area (TPSA) is 58.6 Å². The smallest absolute Gasteiger partial charge is 0.405 e. The molecule has 138 valence electrons. The van der Waals surface area contributed by atoms with E-state index in [-0.39, 0.29) is 16.5 Å². The first-order chi connectivity index (χ1) is 12.2. The van der Waals surface area contributed by atoms with E-state index in [1.54, 1.807) is 12.1 Å². The summed E-state index contributed by atoms with van der Waals surface area (Å²) in [6.07, 6.45) is 0.258. The van der Waals surface area contributed by atoms with Crippen LogP contribution in [-0.4, -0.2) is 18.3 Å². The van der Waals surface area contributed by atoms with E-state index in [9.17, 15) is 13.6 Å². The molecule has 3 rings (SSSR count). The molecule has 26 heavy (non-hydrogen) atoms. The molecule has 0 bridgehead atoms. The molecule has 0 aliphatic heterocycles. The van der Waals surface area contributed by atoms with Gasteiger partial charge in [0.1, 0.15) is 17.4 Å². The number of benzene rings is 2. The van der Waals surface area contributed by atoms with E-state index in [0.29, 0.717) is 17.7 Å². The molecule has 6 heteroatoms. The summed E-state index contributed by atoms with van der Waals surface area (Å²) in [5.74, 6) is -0.792. The fourth-order valence-electron chi connectivity index (χ4n) is 3.59. The molecule has 2 aromatic rings. The van der Waals surface area contributed by atoms with E-state index < -0.39 is 23.8 Å². The number of hydrogen-bond acceptors (Lipinski definition) is 2. The first-order valence-corrected chi connectivity index (χ1v) is 8.38. The van der Waals surface area contributed by atoms with Gasteiger partial charge in [-0.1, -0.05) is 13.8 Å². The van der Waals surface area contributed by atoms with Gasteiger partial charge < -0.3 is 15.2 Å². The molecule has 1 atom stereocenters. The highest BCUT2D eigenvalue weighted by Gasteiger charge is 2.37. The third-order valence-electron chi connectivity index (χ3n) is 5.09. The zero-order chi connectivity index (χ0) is 19.1. The number of fused-ring (bicyclic) bond motifs is 1. The normalized spacial score (nSPS) is 18.1. The number of halogens is 2. The molecule has 4 nitrogen and oxygen atoms in total. The first-order valence-electron chi connectivity index (χ1n) is 8.38. The average Bonchev–Trinajstić information content (AvgIpc) is 2.57. The summed E-state index contributed by atoms with van der Waals surface area (Å²) in [5, 5.41) is 11.6. The van der Waals surface area contributed by atoms with Gasteiger partial charge in [-0.3, -0.25) is 0 Å². The molecule has 0 saturated heterocycles. The molecule has 0 fully saturated rings. The predicted molar refractivity (Wildman–Crippen MR) is 94.3 cm³/mol. The highest BCUT2D eigenvalue weighted by Crippen LogP contribution is 2.45. The van der Waals surface area contributed by atoms with Crippen molar-refractivity contribution in [2.45, 2.75) is 32.7 Å². The Hall–Kier alpha value is -2.63. The third kappa shape index (κ3) is 3.23. The molecule has 0 aromatic heterocycles. The van der Waals surface area contributed by atoms with Gasteiger partial charge in [0.2, 0.25) is 0 Å². The molecule has 1 amide bonds. The summed E-state index contributed by atoms with van der Waals surface area (Å²) in [6, 6.07) is 6.71. The van der Waals surface area contributed by atoms with Crippen LogP contribution in [0.2, 0.25) is 0 Å². The van der Waals surface area contributed by atoms with Crippen LogP contribution in [0.25, 0.3) is 11.1 Å². The Labute approximate surface area is 150 Å². The van der Waals surface area contributed by atoms with Crippen LogP contribution in [0.5, 0.6) is 5.75 Å². The van der Waals surface area contributed by atoms with E-state index in [1.165, 1.54) is 25.3 Å². The quantitative estimate of drug-likeness (QED) is 0.816. The Bertz CT molecular complexity index is 864. The zero-order valence-electron chi connectivity index (χ0n) is 14.9. The highest BCUT2D eigenvalue weighted by molar-refractivity contribution is 5.69. The zero-order valence-corrected chi connectivity index (χ0v) is 14.9. The van der Waals surface area contributed by atoms with Crippen LogP contribution in [0.1, 0.15) is 37.4 Å². The van der Waals surface area contributed by atoms with Crippen LogP contribution >= 0.6 is 0 Å². The lowest BCUT2D eigenvalue weighted by atomic mass is 9.70. The van der Waals surface area contributed by atoms with Crippen LogP contribution < -0.4 is 10.1 Å². The largest absolute Gasteiger partial charge is 0.497 e. The summed E-state index contributed by atoms with van der Waals surface area (Å²) in [5.41, 5.74) is 1.41. The number of nitrogens with one attached hydrogen (secondary N) is 1. The van der Waals surface area contributed by atoms with E-state index in [1.807, 2.05) is 13.8 Å². The van der Waals surface area contributed by atoms with Crippen molar-refractivity contribution in [3.05, 3.63) is 53.1 Å². The molecular formula is C20H21F2NO3. The monoisotopic (exact) mass is 361 g/mol. The summed E-state index contributed by atoms with van der Waals surface area (Å²) < 4.78 is 34.2. The van der Waals surface area contributed by atoms with Crippen molar-refractivity contribution in [1.29, 1.82) is 0 Å². The van der Waals surface area contributed by atoms with Crippen molar-refractivity contribution in [3.63, 3.8) is 0 Å². The van der Waals surface area contributed by atoms with E-state index in [0.717, 1.165) is 12.0 Å². The SMILES string of the molecule is COc1ccc(-c2cc3c(cc2F)[C@H](NC(=O)O)C(C)(C)CC3)c(F)c1. The summed E-state index contributed by atoms with van der Waals surface area (Å²) in [6.45, 7) is 3.90. The van der Waals surface area contributed by atoms with Gasteiger partial charge >= 0.3 is 6.09 Å². The number of ether oxygens (including phenoxy) is 1. The first kappa shape index (κ1) is 18.2. The molecule has 1 aliphatic carbocycles. The Kier molecular flexibility index (Phi) is 4.61. The van der Waals surface area contributed by atoms with Gasteiger partial charge in [-0.05, 0) is 53.6 Å². The number of methoxy groups -OCH3 is 1. The number of amides is 1. The van der Waals surface area contributed by atoms with Crippen LogP contribution in [0.4, 0.5) is 13.6 Å². The number of carbonyl (C=O) groups is 1. The van der Waals surface area contributed by atoms with Crippen LogP contribution in [-0.2, 0) is 6.42 Å². The maximum absolute atomic E-state index is 14.8. The van der Waals surface area contributed by atoms with Crippen molar-refractivity contribution >= 4 is 6.09 Å². The molecule has 0 spiro atoms. The van der Waals surface area contributed by atoms with E-state index >= 15 is 0 Å². The van der Waals surface area contributed by atoms with Crippen molar-refractivity contribution in [1.82, 2.24) is 5.32 Å². The molecule has 0 unspecified atom stereocenters. The standard InChI is InChI=1S/C20H21F2NO3/c1-20(2)7-6-11-8-15(13-5-4-12(26-3)9-16(13)21)17(22)10-14(11)18(20)23-19(24)25/h4-5,8-10,18,23H,6-7H2,1-3H3,(H,24,25)/t18-/m0/s1. The number of aryl methyl sites for hydroxylation is 1. The summed E-state index contributed by atoms with van der Waals surface area (Å²) >= 11 is 0. The second-order valence-electron chi connectivity index (χ2n) is 7.25. The van der Waals surface area contributed by atoms with Crippen molar-refractivity contribution < 1.29 is 23.4 Å². The second kappa shape index (κ2) is 6.59. The fourth-order valence-corrected chi connectivity index (χ4v) is 3.59. The summed E-state index contributed by atoms with van der Waals surface area (Å²) in [7, 11) is 1.44. The lowest BCUT2D eigenvalue weighted by Gasteiger charge is -2.40. The van der Waals surface area contributed by atoms with E-state index in [4.69, 9.17) is 9.84 Å². The molecule has 0 radical (unpaired) electrons. The Morgan fingerprint density at radius 1 is 1.19 bits per heavy atom. The maximum Gasteiger partial charge on any atom is 0.405 e. The van der Waals surface area contributed by atoms with Crippen molar-refractivity contribution in [3.8, 4) is 16.9 Å². The molecule has 0 heterocycles. The van der Waals surface area contributed by atoms with Gasteiger partial charge in [0.15, 0.2) is 0 Å². The van der Waals surface area contributed by atoms with Crippen molar-refractivity contribution in [2.75, 3.05) is 7.11 Å². The third-order valence-corrected chi connectivity index (χ3v) is 5.09. The minimum Gasteiger partial charge on any atom is -0.497 e. The minimum absolute atomic E-state index is 0.152. The fraction of sp³-hybridized carbons (Fsp3) is 0.350. The Balaban J connectivity index is 2.09. The molecule has 0 saturated carbocycles. The van der Waals surface area contributed by atoms with E-state index in [2.05, 4.69) is 5.32 Å². The van der Waals surface area contributed by atoms with Crippen LogP contribution in [0, 0.1) is 17.0 Å². The van der Waals surface area contributed by atoms with Gasteiger partial charge in [-0.15, -0.1) is 0 Å². The Morgan fingerprint density at radius 2 is 1.88 bits per heavy atom. The lowest BCUT2D eigenvalue weighted by Crippen LogP contribution is -2.40. The Morgan fingerprint density at radius 3 is 2.50 bits per heavy atom. The molecule has 2 N–H and O–H groups in total. The second-order valence-corrected chi connectivity index (χ2v) is 7.25. The number of hydrogen-bond donors (Lipinski definition) is 2. The average molecular weight is 361 g/mol. The van der Waals surface area contributed by atoms with Gasteiger partial charge in [-0.2, -0.15) is 0 Å². The molecule has 1 aliphatic rings.